The molecular weight excluding hydrogens is 178 g/mol. The first-order chi connectivity index (χ1) is 6.86. The third-order valence-electron chi connectivity index (χ3n) is 2.23. The molecule has 0 aliphatic carbocycles. The van der Waals surface area contributed by atoms with Crippen LogP contribution in [0.5, 0.6) is 5.75 Å². The van der Waals surface area contributed by atoms with Gasteiger partial charge in [0.1, 0.15) is 5.75 Å². The molecule has 1 heterocycles. The van der Waals surface area contributed by atoms with Crippen LogP contribution in [0, 0.1) is 0 Å². The molecule has 3 heteroatoms. The number of aliphatic hydroxyl groups is 1. The maximum absolute atomic E-state index is 9.24. The molecule has 0 aliphatic heterocycles. The van der Waals surface area contributed by atoms with Gasteiger partial charge in [-0.05, 0) is 18.2 Å². The van der Waals surface area contributed by atoms with Crippen LogP contribution >= 0.6 is 0 Å². The van der Waals surface area contributed by atoms with Gasteiger partial charge < -0.3 is 9.84 Å². The van der Waals surface area contributed by atoms with E-state index in [2.05, 4.69) is 4.98 Å². The topological polar surface area (TPSA) is 42.4 Å². The summed E-state index contributed by atoms with van der Waals surface area (Å²) in [6.45, 7) is -0.0355. The lowest BCUT2D eigenvalue weighted by Gasteiger charge is -2.08. The summed E-state index contributed by atoms with van der Waals surface area (Å²) in [5.41, 5.74) is 1.66. The number of nitrogens with zero attached hydrogens (tertiary/aromatic N) is 1. The van der Waals surface area contributed by atoms with Crippen LogP contribution in [0.25, 0.3) is 10.9 Å². The number of ether oxygens (including phenoxy) is 1. The van der Waals surface area contributed by atoms with E-state index in [9.17, 15) is 5.11 Å². The molecular formula is C11H11NO2. The summed E-state index contributed by atoms with van der Waals surface area (Å²) < 4.78 is 5.16. The quantitative estimate of drug-likeness (QED) is 0.782. The fourth-order valence-electron chi connectivity index (χ4n) is 1.55. The van der Waals surface area contributed by atoms with Crippen LogP contribution in [0.1, 0.15) is 5.56 Å². The number of aromatic nitrogens is 1. The highest BCUT2D eigenvalue weighted by Gasteiger charge is 2.06. The number of hydrogen-bond donors (Lipinski definition) is 1. The Bertz CT molecular complexity index is 454. The third-order valence-corrected chi connectivity index (χ3v) is 2.23. The third kappa shape index (κ3) is 1.32. The molecule has 14 heavy (non-hydrogen) atoms. The van der Waals surface area contributed by atoms with Gasteiger partial charge in [-0.2, -0.15) is 0 Å². The number of methoxy groups -OCH3 is 1. The van der Waals surface area contributed by atoms with Gasteiger partial charge in [0.05, 0.1) is 19.2 Å². The van der Waals surface area contributed by atoms with E-state index in [1.54, 1.807) is 13.3 Å². The van der Waals surface area contributed by atoms with Crippen molar-refractivity contribution in [2.45, 2.75) is 6.61 Å². The van der Waals surface area contributed by atoms with Crippen LogP contribution in [0.2, 0.25) is 0 Å². The average molecular weight is 189 g/mol. The van der Waals surface area contributed by atoms with Crippen LogP contribution in [0.15, 0.2) is 30.5 Å². The fourth-order valence-corrected chi connectivity index (χ4v) is 1.55. The first kappa shape index (κ1) is 8.97. The minimum absolute atomic E-state index is 0.0355. The zero-order chi connectivity index (χ0) is 9.97. The first-order valence-electron chi connectivity index (χ1n) is 4.38. The molecule has 3 nitrogen and oxygen atoms in total. The van der Waals surface area contributed by atoms with Crippen molar-refractivity contribution in [1.82, 2.24) is 4.98 Å². The van der Waals surface area contributed by atoms with Gasteiger partial charge in [-0.25, -0.2) is 0 Å². The van der Waals surface area contributed by atoms with E-state index in [1.807, 2.05) is 24.3 Å². The minimum atomic E-state index is -0.0355. The van der Waals surface area contributed by atoms with E-state index < -0.39 is 0 Å². The van der Waals surface area contributed by atoms with Crippen LogP contribution < -0.4 is 4.74 Å². The Hall–Kier alpha value is -1.61. The van der Waals surface area contributed by atoms with Gasteiger partial charge >= 0.3 is 0 Å². The average Bonchev–Trinajstić information content (AvgIpc) is 2.27. The summed E-state index contributed by atoms with van der Waals surface area (Å²) in [4.78, 5) is 4.20. The molecule has 0 radical (unpaired) electrons. The molecule has 1 aromatic carbocycles. The molecule has 0 saturated heterocycles. The Kier molecular flexibility index (Phi) is 2.33. The van der Waals surface area contributed by atoms with Crippen molar-refractivity contribution in [3.05, 3.63) is 36.0 Å². The van der Waals surface area contributed by atoms with Crippen molar-refractivity contribution in [3.8, 4) is 5.75 Å². The molecule has 0 amide bonds. The van der Waals surface area contributed by atoms with Gasteiger partial charge in [-0.1, -0.05) is 6.07 Å². The second kappa shape index (κ2) is 3.64. The highest BCUT2D eigenvalue weighted by Crippen LogP contribution is 2.26. The zero-order valence-corrected chi connectivity index (χ0v) is 7.90. The van der Waals surface area contributed by atoms with Crippen molar-refractivity contribution < 1.29 is 9.84 Å². The van der Waals surface area contributed by atoms with Crippen molar-refractivity contribution in [2.24, 2.45) is 0 Å². The van der Waals surface area contributed by atoms with Crippen molar-refractivity contribution in [2.75, 3.05) is 7.11 Å². The lowest BCUT2D eigenvalue weighted by molar-refractivity contribution is 0.275. The van der Waals surface area contributed by atoms with Gasteiger partial charge in [0.15, 0.2) is 0 Å². The van der Waals surface area contributed by atoms with Gasteiger partial charge in [-0.15, -0.1) is 0 Å². The summed E-state index contributed by atoms with van der Waals surface area (Å²) in [5.74, 6) is 0.702. The van der Waals surface area contributed by atoms with Crippen LogP contribution in [-0.4, -0.2) is 17.2 Å². The molecule has 0 atom stereocenters. The molecule has 2 aromatic rings. The van der Waals surface area contributed by atoms with Crippen LogP contribution in [0.3, 0.4) is 0 Å². The molecule has 2 rings (SSSR count). The summed E-state index contributed by atoms with van der Waals surface area (Å²) in [6, 6.07) is 7.48. The molecule has 0 spiro atoms. The first-order valence-corrected chi connectivity index (χ1v) is 4.38. The number of pyridine rings is 1. The van der Waals surface area contributed by atoms with E-state index in [4.69, 9.17) is 4.74 Å². The number of fused-ring (bicyclic) bond motifs is 1. The van der Waals surface area contributed by atoms with Crippen molar-refractivity contribution in [3.63, 3.8) is 0 Å². The SMILES string of the molecule is COc1ccc2ncccc2c1CO. The Labute approximate surface area is 82.0 Å². The van der Waals surface area contributed by atoms with E-state index in [1.165, 1.54) is 0 Å². The maximum Gasteiger partial charge on any atom is 0.125 e. The molecule has 1 N–H and O–H groups in total. The fraction of sp³-hybridized carbons (Fsp3) is 0.182. The minimum Gasteiger partial charge on any atom is -0.496 e. The summed E-state index contributed by atoms with van der Waals surface area (Å²) in [7, 11) is 1.59. The molecule has 0 aliphatic rings. The van der Waals surface area contributed by atoms with E-state index in [0.29, 0.717) is 5.75 Å². The second-order valence-corrected chi connectivity index (χ2v) is 2.97. The Balaban J connectivity index is 2.77. The van der Waals surface area contributed by atoms with E-state index in [0.717, 1.165) is 16.5 Å². The Morgan fingerprint density at radius 2 is 2.21 bits per heavy atom. The number of rotatable bonds is 2. The lowest BCUT2D eigenvalue weighted by atomic mass is 10.1. The standard InChI is InChI=1S/C11H11NO2/c1-14-11-5-4-10-8(9(11)7-13)3-2-6-12-10/h2-6,13H,7H2,1H3. The lowest BCUT2D eigenvalue weighted by Crippen LogP contribution is -1.93. The predicted octanol–water partition coefficient (Wildman–Crippen LogP) is 1.74. The van der Waals surface area contributed by atoms with Crippen molar-refractivity contribution in [1.29, 1.82) is 0 Å². The Morgan fingerprint density at radius 3 is 2.93 bits per heavy atom. The van der Waals surface area contributed by atoms with Gasteiger partial charge in [0.2, 0.25) is 0 Å². The second-order valence-electron chi connectivity index (χ2n) is 2.97. The molecule has 0 bridgehead atoms. The molecule has 0 unspecified atom stereocenters. The molecule has 0 saturated carbocycles. The largest absolute Gasteiger partial charge is 0.496 e. The maximum atomic E-state index is 9.24. The van der Waals surface area contributed by atoms with Crippen LogP contribution in [-0.2, 0) is 6.61 Å². The molecule has 1 aromatic heterocycles. The monoisotopic (exact) mass is 189 g/mol. The Morgan fingerprint density at radius 1 is 1.36 bits per heavy atom. The predicted molar refractivity (Wildman–Crippen MR) is 54.2 cm³/mol. The van der Waals surface area contributed by atoms with E-state index >= 15 is 0 Å². The highest BCUT2D eigenvalue weighted by atomic mass is 16.5. The summed E-state index contributed by atoms with van der Waals surface area (Å²) >= 11 is 0. The zero-order valence-electron chi connectivity index (χ0n) is 7.90. The summed E-state index contributed by atoms with van der Waals surface area (Å²) in [5, 5.41) is 10.2. The normalized spacial score (nSPS) is 10.4. The molecule has 0 fully saturated rings. The van der Waals surface area contributed by atoms with Crippen molar-refractivity contribution >= 4 is 10.9 Å². The number of aliphatic hydroxyl groups excluding tert-OH is 1. The number of benzene rings is 1. The van der Waals surface area contributed by atoms with Gasteiger partial charge in [0.25, 0.3) is 0 Å². The van der Waals surface area contributed by atoms with Gasteiger partial charge in [-0.3, -0.25) is 4.98 Å². The summed E-state index contributed by atoms with van der Waals surface area (Å²) in [6.07, 6.45) is 1.73. The van der Waals surface area contributed by atoms with Gasteiger partial charge in [0, 0.05) is 17.1 Å². The highest BCUT2D eigenvalue weighted by molar-refractivity contribution is 5.84. The number of hydrogen-bond acceptors (Lipinski definition) is 3. The molecule has 72 valence electrons. The van der Waals surface area contributed by atoms with Crippen LogP contribution in [0.4, 0.5) is 0 Å². The van der Waals surface area contributed by atoms with E-state index in [-0.39, 0.29) is 6.61 Å². The smallest absolute Gasteiger partial charge is 0.125 e.